The minimum Gasteiger partial charge on any atom is -0.481 e. The molecule has 0 aromatic heterocycles. The molecule has 24 N–H and O–H groups in total. The molecule has 0 aromatic carbocycles. The number of amides is 13. The third-order valence-electron chi connectivity index (χ3n) is 9.80. The van der Waals surface area contributed by atoms with Gasteiger partial charge in [0, 0.05) is 25.8 Å². The van der Waals surface area contributed by atoms with Crippen LogP contribution in [0.25, 0.3) is 0 Å². The molecule has 36 heteroatoms. The highest BCUT2D eigenvalue weighted by molar-refractivity contribution is 5.97. The average Bonchev–Trinajstić information content (AvgIpc) is 3.33. The van der Waals surface area contributed by atoms with Crippen LogP contribution < -0.4 is 86.7 Å². The van der Waals surface area contributed by atoms with Crippen molar-refractivity contribution in [2.24, 2.45) is 22.9 Å². The summed E-state index contributed by atoms with van der Waals surface area (Å²) in [4.78, 5) is 196. The Labute approximate surface area is 431 Å². The van der Waals surface area contributed by atoms with Gasteiger partial charge in [-0.2, -0.15) is 0 Å². The lowest BCUT2D eigenvalue weighted by Crippen LogP contribution is -2.55. The van der Waals surface area contributed by atoms with Crippen molar-refractivity contribution in [1.29, 1.82) is 5.41 Å². The van der Waals surface area contributed by atoms with Crippen molar-refractivity contribution in [3.8, 4) is 0 Å². The second-order valence-corrected chi connectivity index (χ2v) is 16.1. The Morgan fingerprint density at radius 1 is 0.395 bits per heavy atom. The predicted octanol–water partition coefficient (Wildman–Crippen LogP) is -11.3. The van der Waals surface area contributed by atoms with Gasteiger partial charge in [-0.1, -0.05) is 0 Å². The van der Waals surface area contributed by atoms with E-state index in [1.165, 1.54) is 7.05 Å². The molecular formula is C40H65N17O19. The number of likely N-dealkylation sites (N-methyl/N-ethyl adjacent to an activating group) is 1. The molecule has 0 unspecified atom stereocenters. The highest BCUT2D eigenvalue weighted by Crippen LogP contribution is 2.03. The van der Waals surface area contributed by atoms with E-state index in [0.717, 1.165) is 0 Å². The summed E-state index contributed by atoms with van der Waals surface area (Å²) in [5.74, 6) is -18.0. The predicted molar refractivity (Wildman–Crippen MR) is 254 cm³/mol. The van der Waals surface area contributed by atoms with Gasteiger partial charge in [0.1, 0.15) is 30.2 Å². The van der Waals surface area contributed by atoms with Crippen molar-refractivity contribution in [2.75, 3.05) is 46.3 Å². The molecule has 0 fully saturated rings. The van der Waals surface area contributed by atoms with Crippen LogP contribution in [-0.2, 0) is 76.7 Å². The molecule has 0 heterocycles. The van der Waals surface area contributed by atoms with Crippen molar-refractivity contribution < 1.29 is 92.0 Å². The number of hydrogen-bond donors (Lipinski definition) is 20. The number of carboxylic acid groups (broad SMARTS) is 3. The van der Waals surface area contributed by atoms with Gasteiger partial charge in [-0.25, -0.2) is 0 Å². The molecule has 0 aliphatic carbocycles. The molecule has 0 aromatic rings. The van der Waals surface area contributed by atoms with Crippen LogP contribution in [0.1, 0.15) is 64.2 Å². The topological polar surface area (TPSA) is 606 Å². The Bertz CT molecular complexity index is 2180. The maximum atomic E-state index is 13.2. The lowest BCUT2D eigenvalue weighted by molar-refractivity contribution is -0.139. The number of carboxylic acids is 3. The molecule has 0 saturated heterocycles. The Kier molecular flexibility index (Phi) is 31.4. The second-order valence-electron chi connectivity index (χ2n) is 16.1. The Balaban J connectivity index is 5.76. The van der Waals surface area contributed by atoms with Gasteiger partial charge < -0.3 is 102 Å². The zero-order valence-corrected chi connectivity index (χ0v) is 41.0. The van der Waals surface area contributed by atoms with Gasteiger partial charge in [-0.05, 0) is 39.2 Å². The summed E-state index contributed by atoms with van der Waals surface area (Å²) in [6.07, 6.45) is -4.90. The quantitative estimate of drug-likeness (QED) is 0.0154. The van der Waals surface area contributed by atoms with Crippen LogP contribution in [0, 0.1) is 5.41 Å². The third kappa shape index (κ3) is 31.3. The summed E-state index contributed by atoms with van der Waals surface area (Å²) in [5, 5.41) is 61.5. The Hall–Kier alpha value is -9.25. The maximum Gasteiger partial charge on any atom is 0.303 e. The number of nitrogens with one attached hydrogen (secondary N) is 13. The monoisotopic (exact) mass is 1090 g/mol. The van der Waals surface area contributed by atoms with Crippen molar-refractivity contribution in [1.82, 2.24) is 63.8 Å². The van der Waals surface area contributed by atoms with Crippen LogP contribution in [0.15, 0.2) is 0 Å². The summed E-state index contributed by atoms with van der Waals surface area (Å²) in [5.41, 5.74) is 20.5. The largest absolute Gasteiger partial charge is 0.481 e. The highest BCUT2D eigenvalue weighted by Gasteiger charge is 2.29. The van der Waals surface area contributed by atoms with Gasteiger partial charge in [-0.15, -0.1) is 0 Å². The molecule has 36 nitrogen and oxygen atoms in total. The number of rotatable bonds is 39. The average molecular weight is 1090 g/mol. The number of primary amides is 3. The smallest absolute Gasteiger partial charge is 0.303 e. The zero-order valence-electron chi connectivity index (χ0n) is 41.0. The number of nitrogens with two attached hydrogens (primary N) is 4. The fraction of sp³-hybridized carbons (Fsp3) is 0.575. The summed E-state index contributed by atoms with van der Waals surface area (Å²) in [7, 11) is 1.37. The van der Waals surface area contributed by atoms with Crippen LogP contribution in [-0.4, -0.2) is 199 Å². The van der Waals surface area contributed by atoms with Crippen LogP contribution >= 0.6 is 0 Å². The van der Waals surface area contributed by atoms with E-state index < -0.39 is 221 Å². The summed E-state index contributed by atoms with van der Waals surface area (Å²) in [6.45, 7) is -4.25. The minimum absolute atomic E-state index is 0.0686. The molecule has 0 rings (SSSR count). The van der Waals surface area contributed by atoms with Gasteiger partial charge in [0.05, 0.1) is 51.6 Å². The summed E-state index contributed by atoms with van der Waals surface area (Å²) < 4.78 is 0. The first-order valence-electron chi connectivity index (χ1n) is 22.7. The lowest BCUT2D eigenvalue weighted by atomic mass is 10.1. The van der Waals surface area contributed by atoms with Crippen LogP contribution in [0.4, 0.5) is 0 Å². The fourth-order valence-electron chi connectivity index (χ4n) is 6.04. The Morgan fingerprint density at radius 2 is 0.658 bits per heavy atom. The molecule has 6 atom stereocenters. The van der Waals surface area contributed by atoms with Crippen LogP contribution in [0.2, 0.25) is 0 Å². The fourth-order valence-corrected chi connectivity index (χ4v) is 6.04. The molecule has 0 bridgehead atoms. The van der Waals surface area contributed by atoms with Crippen LogP contribution in [0.3, 0.4) is 0 Å². The molecular weight excluding hydrogens is 1020 g/mol. The number of carbonyl (C=O) groups excluding carboxylic acids is 13. The van der Waals surface area contributed by atoms with Gasteiger partial charge in [0.15, 0.2) is 5.96 Å². The number of aliphatic carboxylic acids is 3. The number of hydrogen-bond acceptors (Lipinski definition) is 18. The number of carbonyl (C=O) groups is 16. The third-order valence-corrected chi connectivity index (χ3v) is 9.80. The van der Waals surface area contributed by atoms with Gasteiger partial charge in [0.25, 0.3) is 0 Å². The lowest BCUT2D eigenvalue weighted by Gasteiger charge is -2.21. The van der Waals surface area contributed by atoms with E-state index in [2.05, 4.69) is 58.5 Å². The molecule has 13 amide bonds. The molecule has 424 valence electrons. The molecule has 0 saturated carbocycles. The van der Waals surface area contributed by atoms with E-state index >= 15 is 0 Å². The van der Waals surface area contributed by atoms with Gasteiger partial charge in [-0.3, -0.25) is 82.1 Å². The van der Waals surface area contributed by atoms with E-state index in [9.17, 15) is 86.9 Å². The molecule has 76 heavy (non-hydrogen) atoms. The molecule has 0 aliphatic rings. The van der Waals surface area contributed by atoms with E-state index in [1.54, 1.807) is 0 Å². The first kappa shape index (κ1) is 66.8. The van der Waals surface area contributed by atoms with E-state index in [4.69, 9.17) is 33.5 Å². The SMILES string of the molecule is CN[C@@H](CC(N)=O)C(=O)NCC(=O)N[C@@H](CCCNC(=N)N)C(=O)NCC(=O)N[C@@H](CCC(=O)O)C(=O)NCC(=O)N[C@@H](CCC(=O)O)C(=O)NCC(=O)N[C@@H](CCC(=O)O)C(=O)NCC(=O)N[C@@H](CC(N)=O)C(N)=O. The minimum atomic E-state index is -1.71. The summed E-state index contributed by atoms with van der Waals surface area (Å²) >= 11 is 0. The van der Waals surface area contributed by atoms with E-state index in [1.807, 2.05) is 5.32 Å². The standard InChI is InChI=1S/C40H65N17O19/c1-46-23(12-25(42)59)39(76)52-16-26(60)53-18(3-2-10-47-40(44)45)35(72)48-13-27(61)54-19(4-7-31(65)66)36(73)49-14-28(62)55-20(5-8-32(67)68)37(74)50-15-29(63)56-21(6-9-33(69)70)38(75)51-17-30(64)57-22(34(43)71)11-24(41)58/h18-23,46H,2-17H2,1H3,(H2,41,58)(H2,42,59)(H2,43,71)(H,48,72)(H,49,73)(H,50,74)(H,51,75)(H,52,76)(H,53,60)(H,54,61)(H,55,62)(H,56,63)(H,57,64)(H,65,66)(H,67,68)(H,69,70)(H4,44,45,47)/t18-,19-,20-,21-,22-,23-/m0/s1. The van der Waals surface area contributed by atoms with Crippen LogP contribution in [0.5, 0.6) is 0 Å². The molecule has 0 radical (unpaired) electrons. The normalized spacial score (nSPS) is 12.8. The van der Waals surface area contributed by atoms with Gasteiger partial charge in [0.2, 0.25) is 76.8 Å². The zero-order chi connectivity index (χ0) is 58.1. The van der Waals surface area contributed by atoms with Crippen molar-refractivity contribution >= 4 is 101 Å². The van der Waals surface area contributed by atoms with Gasteiger partial charge >= 0.3 is 17.9 Å². The first-order chi connectivity index (χ1) is 35.5. The van der Waals surface area contributed by atoms with E-state index in [-0.39, 0.29) is 19.4 Å². The summed E-state index contributed by atoms with van der Waals surface area (Å²) in [6, 6.07) is -9.00. The van der Waals surface area contributed by atoms with Crippen molar-refractivity contribution in [3.05, 3.63) is 0 Å². The Morgan fingerprint density at radius 3 is 0.908 bits per heavy atom. The molecule has 0 spiro atoms. The second kappa shape index (κ2) is 35.8. The van der Waals surface area contributed by atoms with E-state index in [0.29, 0.717) is 0 Å². The maximum absolute atomic E-state index is 13.2. The first-order valence-corrected chi connectivity index (χ1v) is 22.7. The molecule has 0 aliphatic heterocycles. The van der Waals surface area contributed by atoms with Crippen molar-refractivity contribution in [3.63, 3.8) is 0 Å². The highest BCUT2D eigenvalue weighted by atomic mass is 16.4. The van der Waals surface area contributed by atoms with Crippen molar-refractivity contribution in [2.45, 2.75) is 100 Å². The number of guanidine groups is 1.